The molecule has 1 heterocycles. The number of amides is 1. The number of hydrogen-bond donors (Lipinski definition) is 2. The van der Waals surface area contributed by atoms with Gasteiger partial charge in [-0.1, -0.05) is 6.08 Å². The molecule has 2 N–H and O–H groups in total. The second-order valence-electron chi connectivity index (χ2n) is 3.12. The van der Waals surface area contributed by atoms with Crippen molar-refractivity contribution in [2.45, 2.75) is 13.0 Å². The Hall–Kier alpha value is -1.38. The standard InChI is InChI=1S/C9H14N4O/c1-3-7(4-10)9(14)13-5-8(6-13)12-11-2/h3,8,11-12H,5-6H2,1-2H3/b7-3+. The van der Waals surface area contributed by atoms with Gasteiger partial charge in [-0.15, -0.1) is 0 Å². The molecule has 0 unspecified atom stereocenters. The zero-order valence-corrected chi connectivity index (χ0v) is 8.37. The minimum atomic E-state index is -0.177. The molecule has 1 saturated heterocycles. The van der Waals surface area contributed by atoms with Crippen molar-refractivity contribution in [3.63, 3.8) is 0 Å². The van der Waals surface area contributed by atoms with Crippen LogP contribution in [0.25, 0.3) is 0 Å². The van der Waals surface area contributed by atoms with Crippen molar-refractivity contribution in [3.8, 4) is 6.07 Å². The lowest BCUT2D eigenvalue weighted by atomic mass is 10.1. The number of hydrazine groups is 1. The first-order chi connectivity index (χ1) is 6.72. The maximum absolute atomic E-state index is 11.5. The zero-order chi connectivity index (χ0) is 10.6. The van der Waals surface area contributed by atoms with E-state index in [1.807, 2.05) is 6.07 Å². The number of carbonyl (C=O) groups is 1. The minimum Gasteiger partial charge on any atom is -0.335 e. The summed E-state index contributed by atoms with van der Waals surface area (Å²) in [4.78, 5) is 13.2. The van der Waals surface area contributed by atoms with Crippen LogP contribution >= 0.6 is 0 Å². The Balaban J connectivity index is 2.41. The third-order valence-corrected chi connectivity index (χ3v) is 2.16. The Kier molecular flexibility index (Phi) is 3.63. The van der Waals surface area contributed by atoms with Crippen LogP contribution in [0.3, 0.4) is 0 Å². The molecule has 0 radical (unpaired) electrons. The third kappa shape index (κ3) is 2.10. The molecule has 5 nitrogen and oxygen atoms in total. The van der Waals surface area contributed by atoms with Crippen LogP contribution in [-0.2, 0) is 4.79 Å². The minimum absolute atomic E-state index is 0.177. The Morgan fingerprint density at radius 1 is 1.64 bits per heavy atom. The van der Waals surface area contributed by atoms with Crippen molar-refractivity contribution >= 4 is 5.91 Å². The zero-order valence-electron chi connectivity index (χ0n) is 8.37. The highest BCUT2D eigenvalue weighted by Gasteiger charge is 2.31. The number of rotatable bonds is 3. The lowest BCUT2D eigenvalue weighted by Crippen LogP contribution is -2.62. The van der Waals surface area contributed by atoms with Crippen LogP contribution in [0.2, 0.25) is 0 Å². The topological polar surface area (TPSA) is 68.2 Å². The molecule has 1 aliphatic heterocycles. The molecule has 1 aliphatic rings. The van der Waals surface area contributed by atoms with E-state index in [0.717, 1.165) is 0 Å². The summed E-state index contributed by atoms with van der Waals surface area (Å²) in [7, 11) is 1.79. The molecule has 0 aromatic heterocycles. The van der Waals surface area contributed by atoms with Gasteiger partial charge in [0, 0.05) is 13.1 Å². The van der Waals surface area contributed by atoms with Gasteiger partial charge in [-0.05, 0) is 14.0 Å². The summed E-state index contributed by atoms with van der Waals surface area (Å²) in [6.07, 6.45) is 1.54. The maximum Gasteiger partial charge on any atom is 0.264 e. The van der Waals surface area contributed by atoms with Crippen LogP contribution < -0.4 is 10.9 Å². The van der Waals surface area contributed by atoms with Crippen LogP contribution in [0.5, 0.6) is 0 Å². The highest BCUT2D eigenvalue weighted by molar-refractivity contribution is 5.97. The van der Waals surface area contributed by atoms with Crippen LogP contribution in [-0.4, -0.2) is 37.0 Å². The lowest BCUT2D eigenvalue weighted by Gasteiger charge is -2.39. The van der Waals surface area contributed by atoms with Gasteiger partial charge in [0.1, 0.15) is 11.6 Å². The average molecular weight is 194 g/mol. The van der Waals surface area contributed by atoms with Crippen molar-refractivity contribution in [1.82, 2.24) is 15.8 Å². The third-order valence-electron chi connectivity index (χ3n) is 2.16. The van der Waals surface area contributed by atoms with Gasteiger partial charge in [0.15, 0.2) is 0 Å². The molecule has 0 bridgehead atoms. The van der Waals surface area contributed by atoms with Gasteiger partial charge in [0.05, 0.1) is 6.04 Å². The fraction of sp³-hybridized carbons (Fsp3) is 0.556. The molecule has 1 fully saturated rings. The van der Waals surface area contributed by atoms with E-state index in [4.69, 9.17) is 5.26 Å². The summed E-state index contributed by atoms with van der Waals surface area (Å²) in [6.45, 7) is 3.00. The van der Waals surface area contributed by atoms with Crippen molar-refractivity contribution in [2.75, 3.05) is 20.1 Å². The van der Waals surface area contributed by atoms with Crippen molar-refractivity contribution in [3.05, 3.63) is 11.6 Å². The molecular formula is C9H14N4O. The molecule has 76 valence electrons. The van der Waals surface area contributed by atoms with Crippen molar-refractivity contribution < 1.29 is 4.79 Å². The van der Waals surface area contributed by atoms with E-state index in [0.29, 0.717) is 19.1 Å². The van der Waals surface area contributed by atoms with Crippen molar-refractivity contribution in [2.24, 2.45) is 0 Å². The summed E-state index contributed by atoms with van der Waals surface area (Å²) in [5.41, 5.74) is 6.03. The molecule has 0 aromatic rings. The van der Waals surface area contributed by atoms with Gasteiger partial charge in [-0.2, -0.15) is 5.26 Å². The number of hydrogen-bond acceptors (Lipinski definition) is 4. The Bertz CT molecular complexity index is 286. The Labute approximate surface area is 83.3 Å². The highest BCUT2D eigenvalue weighted by atomic mass is 16.2. The monoisotopic (exact) mass is 194 g/mol. The second kappa shape index (κ2) is 4.74. The van der Waals surface area contributed by atoms with E-state index in [9.17, 15) is 4.79 Å². The number of nitriles is 1. The Morgan fingerprint density at radius 3 is 2.71 bits per heavy atom. The van der Waals surface area contributed by atoms with Crippen LogP contribution in [0.15, 0.2) is 11.6 Å². The number of nitrogens with zero attached hydrogens (tertiary/aromatic N) is 2. The quantitative estimate of drug-likeness (QED) is 0.357. The van der Waals surface area contributed by atoms with E-state index < -0.39 is 0 Å². The van der Waals surface area contributed by atoms with Crippen LogP contribution in [0.1, 0.15) is 6.92 Å². The summed E-state index contributed by atoms with van der Waals surface area (Å²) in [5, 5.41) is 8.64. The average Bonchev–Trinajstić information content (AvgIpc) is 2.12. The van der Waals surface area contributed by atoms with Gasteiger partial charge >= 0.3 is 0 Å². The molecule has 0 saturated carbocycles. The summed E-state index contributed by atoms with van der Waals surface area (Å²) in [6, 6.07) is 2.17. The number of carbonyl (C=O) groups excluding carboxylic acids is 1. The van der Waals surface area contributed by atoms with Crippen LogP contribution in [0.4, 0.5) is 0 Å². The van der Waals surface area contributed by atoms with Gasteiger partial charge in [-0.25, -0.2) is 0 Å². The first-order valence-corrected chi connectivity index (χ1v) is 4.50. The van der Waals surface area contributed by atoms with E-state index >= 15 is 0 Å². The molecule has 0 spiro atoms. The molecule has 0 aromatic carbocycles. The molecule has 1 amide bonds. The van der Waals surface area contributed by atoms with Gasteiger partial charge < -0.3 is 4.90 Å². The van der Waals surface area contributed by atoms with Gasteiger partial charge in [-0.3, -0.25) is 15.6 Å². The van der Waals surface area contributed by atoms with Crippen LogP contribution in [0, 0.1) is 11.3 Å². The lowest BCUT2D eigenvalue weighted by molar-refractivity contribution is -0.131. The highest BCUT2D eigenvalue weighted by Crippen LogP contribution is 2.11. The number of likely N-dealkylation sites (tertiary alicyclic amines) is 1. The fourth-order valence-corrected chi connectivity index (χ4v) is 1.35. The number of nitrogens with one attached hydrogen (secondary N) is 2. The molecule has 0 atom stereocenters. The predicted octanol–water partition coefficient (Wildman–Crippen LogP) is -0.609. The molecule has 5 heteroatoms. The van der Waals surface area contributed by atoms with Gasteiger partial charge in [0.25, 0.3) is 5.91 Å². The smallest absolute Gasteiger partial charge is 0.264 e. The molecule has 0 aliphatic carbocycles. The Morgan fingerprint density at radius 2 is 2.29 bits per heavy atom. The van der Waals surface area contributed by atoms with Crippen molar-refractivity contribution in [1.29, 1.82) is 5.26 Å². The first kappa shape index (κ1) is 10.7. The van der Waals surface area contributed by atoms with E-state index in [1.54, 1.807) is 24.9 Å². The molecule has 1 rings (SSSR count). The molecular weight excluding hydrogens is 180 g/mol. The normalized spacial score (nSPS) is 17.5. The fourth-order valence-electron chi connectivity index (χ4n) is 1.35. The second-order valence-corrected chi connectivity index (χ2v) is 3.12. The molecule has 14 heavy (non-hydrogen) atoms. The summed E-state index contributed by atoms with van der Waals surface area (Å²) < 4.78 is 0. The summed E-state index contributed by atoms with van der Waals surface area (Å²) >= 11 is 0. The summed E-state index contributed by atoms with van der Waals surface area (Å²) in [5.74, 6) is -0.177. The maximum atomic E-state index is 11.5. The predicted molar refractivity (Wildman–Crippen MR) is 51.9 cm³/mol. The largest absolute Gasteiger partial charge is 0.335 e. The van der Waals surface area contributed by atoms with Gasteiger partial charge in [0.2, 0.25) is 0 Å². The van der Waals surface area contributed by atoms with E-state index in [2.05, 4.69) is 10.9 Å². The first-order valence-electron chi connectivity index (χ1n) is 4.50. The van der Waals surface area contributed by atoms with E-state index in [1.165, 1.54) is 0 Å². The van der Waals surface area contributed by atoms with E-state index in [-0.39, 0.29) is 11.5 Å². The number of allylic oxidation sites excluding steroid dienone is 1. The SMILES string of the molecule is C/C=C(\C#N)C(=O)N1CC(NNC)C1.